The maximum Gasteiger partial charge on any atom is 0.149 e. The minimum absolute atomic E-state index is 0.0298. The SMILES string of the molecule is ClCc1c(C(I)(I)I)ccc(Cl)c1I. The molecule has 78 valence electrons. The molecular formula is C8H4Cl2I4. The van der Waals surface area contributed by atoms with E-state index in [1.165, 1.54) is 5.56 Å². The topological polar surface area (TPSA) is 0 Å². The van der Waals surface area contributed by atoms with Crippen molar-refractivity contribution in [2.24, 2.45) is 0 Å². The van der Waals surface area contributed by atoms with Crippen LogP contribution in [0.25, 0.3) is 0 Å². The molecule has 0 unspecified atom stereocenters. The van der Waals surface area contributed by atoms with Crippen molar-refractivity contribution in [2.75, 3.05) is 0 Å². The Kier molecular flexibility index (Phi) is 6.39. The fourth-order valence-electron chi connectivity index (χ4n) is 0.989. The third-order valence-corrected chi connectivity index (χ3v) is 5.51. The molecular weight excluding hydrogens is 675 g/mol. The van der Waals surface area contributed by atoms with E-state index in [2.05, 4.69) is 90.4 Å². The monoisotopic (exact) mass is 678 g/mol. The molecule has 6 heteroatoms. The standard InChI is InChI=1S/C8H4Cl2I4/c9-3-4-5(8(12,13)14)1-2-6(10)7(4)11/h1-2H,3H2. The predicted octanol–water partition coefficient (Wildman–Crippen LogP) is 6.10. The summed E-state index contributed by atoms with van der Waals surface area (Å²) < 4.78 is 1.09. The average Bonchev–Trinajstić information content (AvgIpc) is 2.07. The molecule has 0 atom stereocenters. The van der Waals surface area contributed by atoms with E-state index < -0.39 is 0 Å². The molecule has 1 rings (SSSR count). The molecule has 0 N–H and O–H groups in total. The highest BCUT2D eigenvalue weighted by molar-refractivity contribution is 14.3. The van der Waals surface area contributed by atoms with Crippen LogP contribution < -0.4 is 0 Å². The first-order valence-electron chi connectivity index (χ1n) is 3.48. The summed E-state index contributed by atoms with van der Waals surface area (Å²) in [7, 11) is 0. The zero-order valence-corrected chi connectivity index (χ0v) is 16.8. The summed E-state index contributed by atoms with van der Waals surface area (Å²) in [5.74, 6) is 0.505. The van der Waals surface area contributed by atoms with Gasteiger partial charge in [0.05, 0.1) is 5.02 Å². The molecule has 0 amide bonds. The molecule has 0 saturated carbocycles. The molecule has 0 heterocycles. The van der Waals surface area contributed by atoms with Crippen molar-refractivity contribution in [3.8, 4) is 0 Å². The second kappa shape index (κ2) is 6.05. The third kappa shape index (κ3) is 3.61. The van der Waals surface area contributed by atoms with E-state index in [9.17, 15) is 0 Å². The molecule has 0 aliphatic rings. The molecule has 0 aliphatic heterocycles. The molecule has 0 aliphatic carbocycles. The molecule has 0 bridgehead atoms. The van der Waals surface area contributed by atoms with Crippen LogP contribution in [0.1, 0.15) is 11.1 Å². The van der Waals surface area contributed by atoms with E-state index in [1.807, 2.05) is 12.1 Å². The van der Waals surface area contributed by atoms with Crippen LogP contribution >= 0.6 is 114 Å². The zero-order chi connectivity index (χ0) is 10.9. The van der Waals surface area contributed by atoms with Gasteiger partial charge >= 0.3 is 0 Å². The van der Waals surface area contributed by atoms with Gasteiger partial charge in [-0.1, -0.05) is 17.7 Å². The molecule has 0 fully saturated rings. The Balaban J connectivity index is 3.39. The molecule has 1 aromatic rings. The smallest absolute Gasteiger partial charge is 0.121 e. The summed E-state index contributed by atoms with van der Waals surface area (Å²) in [6.45, 7) is 0. The molecule has 1 aromatic carbocycles. The number of hydrogen-bond donors (Lipinski definition) is 0. The summed E-state index contributed by atoms with van der Waals surface area (Å²) in [6, 6.07) is 3.98. The van der Waals surface area contributed by atoms with E-state index in [0.29, 0.717) is 5.88 Å². The molecule has 0 radical (unpaired) electrons. The number of alkyl halides is 4. The van der Waals surface area contributed by atoms with Gasteiger partial charge in [-0.05, 0) is 108 Å². The van der Waals surface area contributed by atoms with Crippen LogP contribution in [0.2, 0.25) is 5.02 Å². The van der Waals surface area contributed by atoms with Crippen molar-refractivity contribution < 1.29 is 0 Å². The largest absolute Gasteiger partial charge is 0.149 e. The Morgan fingerprint density at radius 2 is 1.79 bits per heavy atom. The van der Waals surface area contributed by atoms with Crippen molar-refractivity contribution in [2.45, 2.75) is 5.32 Å². The second-order valence-electron chi connectivity index (χ2n) is 2.52. The average molecular weight is 679 g/mol. The van der Waals surface area contributed by atoms with Crippen molar-refractivity contribution in [1.29, 1.82) is 0 Å². The number of hydrogen-bond acceptors (Lipinski definition) is 0. The van der Waals surface area contributed by atoms with Gasteiger partial charge in [0.25, 0.3) is 0 Å². The Labute approximate surface area is 148 Å². The Morgan fingerprint density at radius 1 is 1.21 bits per heavy atom. The van der Waals surface area contributed by atoms with E-state index in [0.717, 1.165) is 14.2 Å². The zero-order valence-electron chi connectivity index (χ0n) is 6.63. The van der Waals surface area contributed by atoms with Gasteiger partial charge in [0.1, 0.15) is -0.565 Å². The Hall–Kier alpha value is 2.72. The lowest BCUT2D eigenvalue weighted by Gasteiger charge is -2.18. The fraction of sp³-hybridized carbons (Fsp3) is 0.250. The lowest BCUT2D eigenvalue weighted by atomic mass is 10.1. The van der Waals surface area contributed by atoms with E-state index >= 15 is 0 Å². The van der Waals surface area contributed by atoms with Crippen LogP contribution in [-0.2, 0) is 5.32 Å². The molecule has 0 saturated heterocycles. The molecule has 0 aromatic heterocycles. The summed E-state index contributed by atoms with van der Waals surface area (Å²) in [6.07, 6.45) is 0. The fourth-order valence-corrected chi connectivity index (χ4v) is 3.85. The van der Waals surface area contributed by atoms with Crippen molar-refractivity contribution in [1.82, 2.24) is 0 Å². The normalized spacial score (nSPS) is 11.9. The van der Waals surface area contributed by atoms with E-state index in [4.69, 9.17) is 23.2 Å². The molecule has 0 nitrogen and oxygen atoms in total. The van der Waals surface area contributed by atoms with Gasteiger partial charge in [0.15, 0.2) is 0 Å². The van der Waals surface area contributed by atoms with Gasteiger partial charge in [0.2, 0.25) is 0 Å². The van der Waals surface area contributed by atoms with Gasteiger partial charge < -0.3 is 0 Å². The predicted molar refractivity (Wildman–Crippen MR) is 97.5 cm³/mol. The van der Waals surface area contributed by atoms with E-state index in [-0.39, 0.29) is -0.565 Å². The van der Waals surface area contributed by atoms with Crippen LogP contribution in [0.5, 0.6) is 0 Å². The third-order valence-electron chi connectivity index (χ3n) is 1.64. The Morgan fingerprint density at radius 3 is 2.21 bits per heavy atom. The van der Waals surface area contributed by atoms with Gasteiger partial charge in [-0.3, -0.25) is 0 Å². The number of rotatable bonds is 2. The maximum absolute atomic E-state index is 6.04. The van der Waals surface area contributed by atoms with Crippen LogP contribution in [0.3, 0.4) is 0 Å². The van der Waals surface area contributed by atoms with Crippen LogP contribution in [0, 0.1) is 3.57 Å². The van der Waals surface area contributed by atoms with Crippen molar-refractivity contribution >= 4 is 114 Å². The molecule has 14 heavy (non-hydrogen) atoms. The van der Waals surface area contributed by atoms with Crippen LogP contribution in [0.4, 0.5) is 0 Å². The first kappa shape index (κ1) is 14.8. The van der Waals surface area contributed by atoms with Gasteiger partial charge in [-0.2, -0.15) is 0 Å². The quantitative estimate of drug-likeness (QED) is 0.262. The van der Waals surface area contributed by atoms with Gasteiger partial charge in [0, 0.05) is 9.45 Å². The van der Waals surface area contributed by atoms with E-state index in [1.54, 1.807) is 0 Å². The summed E-state index contributed by atoms with van der Waals surface area (Å²) in [4.78, 5) is 0. The minimum Gasteiger partial charge on any atom is -0.121 e. The summed E-state index contributed by atoms with van der Waals surface area (Å²) >= 11 is 21.4. The van der Waals surface area contributed by atoms with Crippen LogP contribution in [-0.4, -0.2) is 0 Å². The lowest BCUT2D eigenvalue weighted by molar-refractivity contribution is 1.26. The first-order valence-corrected chi connectivity index (χ1v) is 8.70. The lowest BCUT2D eigenvalue weighted by Crippen LogP contribution is -2.04. The van der Waals surface area contributed by atoms with Crippen molar-refractivity contribution in [3.63, 3.8) is 0 Å². The first-order chi connectivity index (χ1) is 6.38. The summed E-state index contributed by atoms with van der Waals surface area (Å²) in [5.41, 5.74) is 2.38. The van der Waals surface area contributed by atoms with Crippen LogP contribution in [0.15, 0.2) is 12.1 Å². The maximum atomic E-state index is 6.04. The second-order valence-corrected chi connectivity index (χ2v) is 15.3. The highest BCUT2D eigenvalue weighted by atomic mass is 127. The summed E-state index contributed by atoms with van der Waals surface area (Å²) in [5, 5.41) is 0.776. The molecule has 0 spiro atoms. The van der Waals surface area contributed by atoms with Gasteiger partial charge in [-0.25, -0.2) is 0 Å². The highest BCUT2D eigenvalue weighted by Crippen LogP contribution is 2.48. The number of halogens is 6. The van der Waals surface area contributed by atoms with Gasteiger partial charge in [-0.15, -0.1) is 11.6 Å². The van der Waals surface area contributed by atoms with Crippen molar-refractivity contribution in [3.05, 3.63) is 31.9 Å². The number of benzene rings is 1. The highest BCUT2D eigenvalue weighted by Gasteiger charge is 2.25. The Bertz CT molecular complexity index is 346. The minimum atomic E-state index is 0.0298.